The Morgan fingerprint density at radius 2 is 1.89 bits per heavy atom. The first-order chi connectivity index (χ1) is 13.6. The van der Waals surface area contributed by atoms with Crippen molar-refractivity contribution in [3.05, 3.63) is 64.3 Å². The van der Waals surface area contributed by atoms with Crippen LogP contribution in [0.5, 0.6) is 0 Å². The van der Waals surface area contributed by atoms with Crippen LogP contribution in [0, 0.1) is 0 Å². The highest BCUT2D eigenvalue weighted by atomic mass is 35.5. The van der Waals surface area contributed by atoms with Crippen molar-refractivity contribution in [3.63, 3.8) is 0 Å². The van der Waals surface area contributed by atoms with E-state index >= 15 is 0 Å². The van der Waals surface area contributed by atoms with Gasteiger partial charge in [-0.15, -0.1) is 0 Å². The van der Waals surface area contributed by atoms with Gasteiger partial charge in [-0.25, -0.2) is 0 Å². The Balaban J connectivity index is 1.61. The van der Waals surface area contributed by atoms with Crippen LogP contribution in [0.1, 0.15) is 5.56 Å². The molecule has 4 rings (SSSR count). The van der Waals surface area contributed by atoms with Crippen LogP contribution in [-0.2, 0) is 16.1 Å². The Kier molecular flexibility index (Phi) is 5.67. The van der Waals surface area contributed by atoms with Gasteiger partial charge in [0, 0.05) is 42.0 Å². The van der Waals surface area contributed by atoms with E-state index in [1.807, 2.05) is 46.0 Å². The topological polar surface area (TPSA) is 46.8 Å². The lowest BCUT2D eigenvalue weighted by atomic mass is 10.2. The first-order valence-corrected chi connectivity index (χ1v) is 9.80. The summed E-state index contributed by atoms with van der Waals surface area (Å²) >= 11 is 12.0. The van der Waals surface area contributed by atoms with Gasteiger partial charge in [0.05, 0.1) is 28.9 Å². The zero-order valence-corrected chi connectivity index (χ0v) is 16.7. The van der Waals surface area contributed by atoms with Crippen molar-refractivity contribution in [2.45, 2.75) is 6.54 Å². The van der Waals surface area contributed by atoms with E-state index in [2.05, 4.69) is 4.99 Å². The van der Waals surface area contributed by atoms with E-state index in [1.54, 1.807) is 18.3 Å². The number of benzene rings is 2. The van der Waals surface area contributed by atoms with E-state index in [1.165, 1.54) is 0 Å². The first-order valence-electron chi connectivity index (χ1n) is 9.04. The van der Waals surface area contributed by atoms with Gasteiger partial charge in [0.2, 0.25) is 5.91 Å². The fourth-order valence-electron chi connectivity index (χ4n) is 3.28. The van der Waals surface area contributed by atoms with Crippen LogP contribution in [-0.4, -0.2) is 47.9 Å². The number of amides is 1. The predicted octanol–water partition coefficient (Wildman–Crippen LogP) is 4.56. The molecule has 2 heterocycles. The number of halogens is 2. The Hall–Kier alpha value is -2.34. The lowest BCUT2D eigenvalue weighted by molar-refractivity contribution is -0.135. The fourth-order valence-corrected chi connectivity index (χ4v) is 3.57. The molecule has 0 bridgehead atoms. The third kappa shape index (κ3) is 4.07. The minimum atomic E-state index is 0.0945. The molecule has 1 aliphatic heterocycles. The highest BCUT2D eigenvalue weighted by molar-refractivity contribution is 6.42. The first kappa shape index (κ1) is 19.0. The van der Waals surface area contributed by atoms with Crippen LogP contribution in [0.3, 0.4) is 0 Å². The molecule has 3 aromatic rings. The summed E-state index contributed by atoms with van der Waals surface area (Å²) in [5.41, 5.74) is 2.66. The maximum Gasteiger partial charge on any atom is 0.242 e. The molecule has 0 spiro atoms. The Labute approximate surface area is 173 Å². The molecule has 5 nitrogen and oxygen atoms in total. The molecule has 28 heavy (non-hydrogen) atoms. The quantitative estimate of drug-likeness (QED) is 0.586. The lowest BCUT2D eigenvalue weighted by Crippen LogP contribution is -2.42. The number of nitrogens with zero attached hydrogens (tertiary/aromatic N) is 3. The van der Waals surface area contributed by atoms with E-state index in [9.17, 15) is 4.79 Å². The molecular formula is C21H19Cl2N3O2. The van der Waals surface area contributed by atoms with Gasteiger partial charge < -0.3 is 14.2 Å². The number of carbonyl (C=O) groups excluding carboxylic acids is 1. The number of carbonyl (C=O) groups is 1. The maximum absolute atomic E-state index is 12.7. The number of fused-ring (bicyclic) bond motifs is 1. The van der Waals surface area contributed by atoms with E-state index < -0.39 is 0 Å². The maximum atomic E-state index is 12.7. The molecular weight excluding hydrogens is 397 g/mol. The summed E-state index contributed by atoms with van der Waals surface area (Å²) in [5.74, 6) is 0.0945. The Morgan fingerprint density at radius 3 is 2.68 bits per heavy atom. The summed E-state index contributed by atoms with van der Waals surface area (Å²) in [6, 6.07) is 13.2. The van der Waals surface area contributed by atoms with Crippen molar-refractivity contribution in [1.29, 1.82) is 0 Å². The lowest BCUT2D eigenvalue weighted by Gasteiger charge is -2.27. The van der Waals surface area contributed by atoms with Crippen molar-refractivity contribution in [3.8, 4) is 0 Å². The van der Waals surface area contributed by atoms with Crippen molar-refractivity contribution in [2.24, 2.45) is 4.99 Å². The number of hydrogen-bond acceptors (Lipinski definition) is 3. The molecule has 144 valence electrons. The molecule has 1 fully saturated rings. The average Bonchev–Trinajstić information content (AvgIpc) is 3.07. The van der Waals surface area contributed by atoms with Crippen LogP contribution in [0.25, 0.3) is 10.9 Å². The number of aliphatic imine (C=N–C) groups is 1. The van der Waals surface area contributed by atoms with Crippen LogP contribution in [0.15, 0.2) is 53.7 Å². The molecule has 2 aromatic carbocycles. The van der Waals surface area contributed by atoms with Gasteiger partial charge in [-0.3, -0.25) is 9.79 Å². The summed E-state index contributed by atoms with van der Waals surface area (Å²) < 4.78 is 7.30. The predicted molar refractivity (Wildman–Crippen MR) is 113 cm³/mol. The smallest absolute Gasteiger partial charge is 0.242 e. The molecule has 1 amide bonds. The van der Waals surface area contributed by atoms with Crippen molar-refractivity contribution >= 4 is 51.9 Å². The number of rotatable bonds is 4. The molecule has 0 unspecified atom stereocenters. The fraction of sp³-hybridized carbons (Fsp3) is 0.238. The minimum Gasteiger partial charge on any atom is -0.378 e. The van der Waals surface area contributed by atoms with Gasteiger partial charge in [0.1, 0.15) is 6.54 Å². The average molecular weight is 416 g/mol. The molecule has 0 N–H and O–H groups in total. The number of para-hydroxylation sites is 1. The third-order valence-electron chi connectivity index (χ3n) is 4.74. The van der Waals surface area contributed by atoms with Crippen molar-refractivity contribution in [1.82, 2.24) is 9.47 Å². The number of morpholine rings is 1. The summed E-state index contributed by atoms with van der Waals surface area (Å²) in [7, 11) is 0. The summed E-state index contributed by atoms with van der Waals surface area (Å²) in [5, 5.41) is 2.01. The summed E-state index contributed by atoms with van der Waals surface area (Å²) in [4.78, 5) is 19.0. The molecule has 1 aliphatic rings. The molecule has 7 heteroatoms. The summed E-state index contributed by atoms with van der Waals surface area (Å²) in [6.45, 7) is 2.77. The van der Waals surface area contributed by atoms with Gasteiger partial charge in [-0.2, -0.15) is 0 Å². The zero-order chi connectivity index (χ0) is 19.5. The molecule has 0 saturated carbocycles. The molecule has 1 saturated heterocycles. The van der Waals surface area contributed by atoms with E-state index in [-0.39, 0.29) is 5.91 Å². The van der Waals surface area contributed by atoms with Crippen molar-refractivity contribution in [2.75, 3.05) is 26.3 Å². The Bertz CT molecular complexity index is 1040. The Morgan fingerprint density at radius 1 is 1.11 bits per heavy atom. The zero-order valence-electron chi connectivity index (χ0n) is 15.1. The highest BCUT2D eigenvalue weighted by Crippen LogP contribution is 2.27. The van der Waals surface area contributed by atoms with E-state index in [0.29, 0.717) is 42.9 Å². The van der Waals surface area contributed by atoms with Crippen molar-refractivity contribution < 1.29 is 9.53 Å². The molecule has 0 aliphatic carbocycles. The van der Waals surface area contributed by atoms with Crippen LogP contribution in [0.2, 0.25) is 10.0 Å². The summed E-state index contributed by atoms with van der Waals surface area (Å²) in [6.07, 6.45) is 3.75. The van der Waals surface area contributed by atoms with Gasteiger partial charge in [-0.05, 0) is 24.3 Å². The van der Waals surface area contributed by atoms with Gasteiger partial charge >= 0.3 is 0 Å². The number of ether oxygens (including phenoxy) is 1. The molecule has 1 aromatic heterocycles. The van der Waals surface area contributed by atoms with Crippen LogP contribution in [0.4, 0.5) is 5.69 Å². The van der Waals surface area contributed by atoms with Gasteiger partial charge in [0.15, 0.2) is 0 Å². The second-order valence-corrected chi connectivity index (χ2v) is 7.39. The van der Waals surface area contributed by atoms with Gasteiger partial charge in [-0.1, -0.05) is 41.4 Å². The van der Waals surface area contributed by atoms with Gasteiger partial charge in [0.25, 0.3) is 0 Å². The highest BCUT2D eigenvalue weighted by Gasteiger charge is 2.18. The second kappa shape index (κ2) is 8.35. The van der Waals surface area contributed by atoms with E-state index in [0.717, 1.165) is 22.2 Å². The number of aromatic nitrogens is 1. The monoisotopic (exact) mass is 415 g/mol. The molecule has 0 radical (unpaired) electrons. The van der Waals surface area contributed by atoms with Crippen LogP contribution < -0.4 is 0 Å². The van der Waals surface area contributed by atoms with E-state index in [4.69, 9.17) is 27.9 Å². The van der Waals surface area contributed by atoms with Crippen LogP contribution >= 0.6 is 23.2 Å². The largest absolute Gasteiger partial charge is 0.378 e. The molecule has 0 atom stereocenters. The SMILES string of the molecule is O=C(Cn1cc(C=Nc2ccc(Cl)c(Cl)c2)c2ccccc21)N1CCOCC1. The second-order valence-electron chi connectivity index (χ2n) is 6.58. The third-order valence-corrected chi connectivity index (χ3v) is 5.48. The standard InChI is InChI=1S/C21H19Cl2N3O2/c22-18-6-5-16(11-19(18)23)24-12-15-13-26(20-4-2-1-3-17(15)20)14-21(27)25-7-9-28-10-8-25/h1-6,11-13H,7-10,14H2. The number of hydrogen-bond donors (Lipinski definition) is 0. The minimum absolute atomic E-state index is 0.0945. The normalized spacial score (nSPS) is 14.9.